The Labute approximate surface area is 184 Å². The van der Waals surface area contributed by atoms with Crippen molar-refractivity contribution in [2.75, 3.05) is 10.6 Å². The zero-order chi connectivity index (χ0) is 23.3. The normalized spacial score (nSPS) is 11.5. The van der Waals surface area contributed by atoms with Gasteiger partial charge in [-0.3, -0.25) is 24.5 Å². The third-order valence-electron chi connectivity index (χ3n) is 4.54. The smallest absolute Gasteiger partial charge is 0.288 e. The van der Waals surface area contributed by atoms with Gasteiger partial charge in [-0.1, -0.05) is 31.5 Å². The van der Waals surface area contributed by atoms with Gasteiger partial charge in [-0.25, -0.2) is 0 Å². The maximum atomic E-state index is 12.9. The van der Waals surface area contributed by atoms with Gasteiger partial charge in [0.25, 0.3) is 11.6 Å². The molecule has 10 heteroatoms. The minimum Gasteiger partial charge on any atom is -0.340 e. The summed E-state index contributed by atoms with van der Waals surface area (Å²) in [6.07, 6.45) is 0. The topological polar surface area (TPSA) is 130 Å². The third kappa shape index (κ3) is 6.02. The summed E-state index contributed by atoms with van der Waals surface area (Å²) in [6.45, 7) is 6.65. The highest BCUT2D eigenvalue weighted by molar-refractivity contribution is 6.32. The summed E-state index contributed by atoms with van der Waals surface area (Å²) >= 11 is 5.79. The summed E-state index contributed by atoms with van der Waals surface area (Å²) in [5.74, 6) is -1.62. The highest BCUT2D eigenvalue weighted by Crippen LogP contribution is 2.26. The van der Waals surface area contributed by atoms with Gasteiger partial charge in [0.2, 0.25) is 11.8 Å². The molecule has 0 aliphatic carbocycles. The van der Waals surface area contributed by atoms with Crippen LogP contribution in [0.5, 0.6) is 0 Å². The zero-order valence-electron chi connectivity index (χ0n) is 17.5. The molecule has 31 heavy (non-hydrogen) atoms. The van der Waals surface area contributed by atoms with E-state index in [0.29, 0.717) is 16.9 Å². The lowest BCUT2D eigenvalue weighted by atomic mass is 10.0. The Morgan fingerprint density at radius 2 is 1.68 bits per heavy atom. The molecule has 0 saturated carbocycles. The Kier molecular flexibility index (Phi) is 7.71. The Hall–Kier alpha value is -3.46. The molecule has 0 heterocycles. The number of nitro groups is 1. The van der Waals surface area contributed by atoms with Crippen LogP contribution in [-0.4, -0.2) is 28.7 Å². The van der Waals surface area contributed by atoms with Crippen LogP contribution in [0.3, 0.4) is 0 Å². The van der Waals surface area contributed by atoms with E-state index in [1.54, 1.807) is 39.0 Å². The van der Waals surface area contributed by atoms with Crippen molar-refractivity contribution >= 4 is 46.4 Å². The van der Waals surface area contributed by atoms with Gasteiger partial charge >= 0.3 is 0 Å². The van der Waals surface area contributed by atoms with E-state index in [-0.39, 0.29) is 22.4 Å². The van der Waals surface area contributed by atoms with Crippen LogP contribution in [0.15, 0.2) is 36.4 Å². The number of rotatable bonds is 7. The first kappa shape index (κ1) is 23.8. The molecule has 0 aliphatic rings. The molecule has 2 rings (SSSR count). The molecule has 9 nitrogen and oxygen atoms in total. The number of nitrogens with zero attached hydrogens (tertiary/aromatic N) is 1. The van der Waals surface area contributed by atoms with Gasteiger partial charge < -0.3 is 16.0 Å². The maximum absolute atomic E-state index is 12.9. The van der Waals surface area contributed by atoms with Crippen molar-refractivity contribution in [3.8, 4) is 0 Å². The van der Waals surface area contributed by atoms with Gasteiger partial charge in [-0.2, -0.15) is 0 Å². The van der Waals surface area contributed by atoms with Crippen molar-refractivity contribution in [1.82, 2.24) is 5.32 Å². The third-order valence-corrected chi connectivity index (χ3v) is 4.86. The van der Waals surface area contributed by atoms with Crippen molar-refractivity contribution in [3.63, 3.8) is 0 Å². The average molecular weight is 447 g/mol. The van der Waals surface area contributed by atoms with Gasteiger partial charge in [0.05, 0.1) is 4.92 Å². The lowest BCUT2D eigenvalue weighted by Crippen LogP contribution is -2.47. The number of benzene rings is 2. The van der Waals surface area contributed by atoms with E-state index in [4.69, 9.17) is 11.6 Å². The number of amides is 3. The van der Waals surface area contributed by atoms with E-state index >= 15 is 0 Å². The van der Waals surface area contributed by atoms with Crippen LogP contribution >= 0.6 is 11.6 Å². The van der Waals surface area contributed by atoms with Crippen LogP contribution in [0.4, 0.5) is 17.1 Å². The second-order valence-corrected chi connectivity index (χ2v) is 7.67. The van der Waals surface area contributed by atoms with Gasteiger partial charge in [0.15, 0.2) is 0 Å². The molecule has 164 valence electrons. The fraction of sp³-hybridized carbons (Fsp3) is 0.286. The first-order chi connectivity index (χ1) is 14.5. The molecule has 3 amide bonds. The summed E-state index contributed by atoms with van der Waals surface area (Å²) in [5, 5.41) is 19.0. The molecule has 0 spiro atoms. The minimum absolute atomic E-state index is 0.0124. The fourth-order valence-electron chi connectivity index (χ4n) is 2.86. The Morgan fingerprint density at radius 3 is 2.23 bits per heavy atom. The van der Waals surface area contributed by atoms with Gasteiger partial charge in [-0.05, 0) is 42.7 Å². The van der Waals surface area contributed by atoms with E-state index in [0.717, 1.165) is 6.07 Å². The van der Waals surface area contributed by atoms with Crippen LogP contribution in [-0.2, 0) is 9.59 Å². The minimum atomic E-state index is -0.911. The SMILES string of the molecule is CC(=O)Nc1cccc(NC(=O)C(NC(=O)c2ccc(Cl)c([N+](=O)[O-])c2)C(C)C)c1C. The molecule has 1 unspecified atom stereocenters. The van der Waals surface area contributed by atoms with E-state index in [2.05, 4.69) is 16.0 Å². The monoisotopic (exact) mass is 446 g/mol. The number of carbonyl (C=O) groups excluding carboxylic acids is 3. The van der Waals surface area contributed by atoms with Crippen molar-refractivity contribution in [2.24, 2.45) is 5.92 Å². The van der Waals surface area contributed by atoms with E-state index in [1.807, 2.05) is 0 Å². The molecular formula is C21H23ClN4O5. The van der Waals surface area contributed by atoms with Crippen LogP contribution in [0.25, 0.3) is 0 Å². The second kappa shape index (κ2) is 10.0. The summed E-state index contributed by atoms with van der Waals surface area (Å²) in [5.41, 5.74) is 1.32. The second-order valence-electron chi connectivity index (χ2n) is 7.27. The molecule has 2 aromatic rings. The van der Waals surface area contributed by atoms with Crippen LogP contribution in [0, 0.1) is 23.0 Å². The predicted octanol–water partition coefficient (Wildman–Crippen LogP) is 3.91. The number of hydrogen-bond donors (Lipinski definition) is 3. The predicted molar refractivity (Wildman–Crippen MR) is 118 cm³/mol. The van der Waals surface area contributed by atoms with Crippen molar-refractivity contribution in [1.29, 1.82) is 0 Å². The molecule has 2 aromatic carbocycles. The van der Waals surface area contributed by atoms with Crippen molar-refractivity contribution in [3.05, 3.63) is 62.7 Å². The number of nitro benzene ring substituents is 1. The standard InChI is InChI=1S/C21H23ClN4O5/c1-11(2)19(25-20(28)14-8-9-15(22)18(10-14)26(30)31)21(29)24-17-7-5-6-16(12(17)3)23-13(4)27/h5-11,19H,1-4H3,(H,23,27)(H,24,29)(H,25,28). The number of hydrogen-bond acceptors (Lipinski definition) is 5. The fourth-order valence-corrected chi connectivity index (χ4v) is 3.05. The zero-order valence-corrected chi connectivity index (χ0v) is 18.2. The highest BCUT2D eigenvalue weighted by atomic mass is 35.5. The first-order valence-corrected chi connectivity index (χ1v) is 9.82. The summed E-state index contributed by atoms with van der Waals surface area (Å²) < 4.78 is 0. The lowest BCUT2D eigenvalue weighted by molar-refractivity contribution is -0.384. The average Bonchev–Trinajstić information content (AvgIpc) is 2.68. The molecule has 0 aliphatic heterocycles. The van der Waals surface area contributed by atoms with Crippen molar-refractivity contribution < 1.29 is 19.3 Å². The molecule has 0 radical (unpaired) electrons. The molecular weight excluding hydrogens is 424 g/mol. The van der Waals surface area contributed by atoms with Crippen molar-refractivity contribution in [2.45, 2.75) is 33.7 Å². The molecule has 0 aromatic heterocycles. The molecule has 1 atom stereocenters. The molecule has 0 fully saturated rings. The van der Waals surface area contributed by atoms with Crippen LogP contribution in [0.1, 0.15) is 36.7 Å². The summed E-state index contributed by atoms with van der Waals surface area (Å²) in [7, 11) is 0. The number of carbonyl (C=O) groups is 3. The lowest BCUT2D eigenvalue weighted by Gasteiger charge is -2.22. The Morgan fingerprint density at radius 1 is 1.06 bits per heavy atom. The van der Waals surface area contributed by atoms with Gasteiger partial charge in [-0.15, -0.1) is 0 Å². The van der Waals surface area contributed by atoms with Gasteiger partial charge in [0, 0.05) is 29.9 Å². The summed E-state index contributed by atoms with van der Waals surface area (Å²) in [4.78, 5) is 47.3. The summed E-state index contributed by atoms with van der Waals surface area (Å²) in [6, 6.07) is 7.84. The van der Waals surface area contributed by atoms with Gasteiger partial charge in [0.1, 0.15) is 11.1 Å². The number of nitrogens with one attached hydrogen (secondary N) is 3. The largest absolute Gasteiger partial charge is 0.340 e. The number of anilines is 2. The Balaban J connectivity index is 2.22. The molecule has 0 bridgehead atoms. The molecule has 3 N–H and O–H groups in total. The first-order valence-electron chi connectivity index (χ1n) is 9.44. The quantitative estimate of drug-likeness (QED) is 0.438. The molecule has 0 saturated heterocycles. The van der Waals surface area contributed by atoms with E-state index < -0.39 is 28.5 Å². The van der Waals surface area contributed by atoms with Crippen LogP contribution in [0.2, 0.25) is 5.02 Å². The highest BCUT2D eigenvalue weighted by Gasteiger charge is 2.26. The van der Waals surface area contributed by atoms with E-state index in [9.17, 15) is 24.5 Å². The Bertz CT molecular complexity index is 1040. The van der Waals surface area contributed by atoms with Crippen LogP contribution < -0.4 is 16.0 Å². The maximum Gasteiger partial charge on any atom is 0.288 e. The number of halogens is 1. The van der Waals surface area contributed by atoms with E-state index in [1.165, 1.54) is 19.1 Å².